The molecule has 0 aromatic carbocycles. The SMILES string of the molecule is CNc1nc(C2CCCO2)nc(C(C)C)c1Br. The Morgan fingerprint density at radius 1 is 1.41 bits per heavy atom. The Bertz CT molecular complexity index is 403. The Hall–Kier alpha value is -0.680. The van der Waals surface area contributed by atoms with Gasteiger partial charge in [-0.15, -0.1) is 0 Å². The molecule has 0 saturated carbocycles. The number of ether oxygens (including phenoxy) is 1. The summed E-state index contributed by atoms with van der Waals surface area (Å²) in [5.74, 6) is 2.01. The summed E-state index contributed by atoms with van der Waals surface area (Å²) in [5.41, 5.74) is 1.04. The first-order chi connectivity index (χ1) is 8.13. The molecule has 17 heavy (non-hydrogen) atoms. The van der Waals surface area contributed by atoms with E-state index in [4.69, 9.17) is 4.74 Å². The molecular weight excluding hydrogens is 282 g/mol. The first kappa shape index (κ1) is 12.8. The van der Waals surface area contributed by atoms with Crippen LogP contribution in [0.2, 0.25) is 0 Å². The molecule has 94 valence electrons. The van der Waals surface area contributed by atoms with Gasteiger partial charge in [-0.05, 0) is 34.7 Å². The Morgan fingerprint density at radius 2 is 2.18 bits per heavy atom. The first-order valence-electron chi connectivity index (χ1n) is 6.00. The summed E-state index contributed by atoms with van der Waals surface area (Å²) in [5, 5.41) is 3.10. The maximum atomic E-state index is 5.65. The molecule has 0 aliphatic carbocycles. The van der Waals surface area contributed by atoms with Crippen molar-refractivity contribution >= 4 is 21.7 Å². The third-order valence-corrected chi connectivity index (χ3v) is 3.68. The van der Waals surface area contributed by atoms with E-state index in [2.05, 4.69) is 45.1 Å². The Kier molecular flexibility index (Phi) is 3.99. The number of halogens is 1. The summed E-state index contributed by atoms with van der Waals surface area (Å²) in [6, 6.07) is 0. The van der Waals surface area contributed by atoms with Crippen molar-refractivity contribution in [3.05, 3.63) is 16.0 Å². The van der Waals surface area contributed by atoms with Gasteiger partial charge in [0.05, 0.1) is 10.2 Å². The van der Waals surface area contributed by atoms with Crippen LogP contribution in [0, 0.1) is 0 Å². The third-order valence-electron chi connectivity index (χ3n) is 2.90. The highest BCUT2D eigenvalue weighted by atomic mass is 79.9. The standard InChI is InChI=1S/C12H18BrN3O/c1-7(2)10-9(13)12(14-3)16-11(15-10)8-5-4-6-17-8/h7-8H,4-6H2,1-3H3,(H,14,15,16). The molecule has 1 aliphatic heterocycles. The highest BCUT2D eigenvalue weighted by Crippen LogP contribution is 2.33. The lowest BCUT2D eigenvalue weighted by molar-refractivity contribution is 0.105. The van der Waals surface area contributed by atoms with Crippen LogP contribution in [0.25, 0.3) is 0 Å². The van der Waals surface area contributed by atoms with Crippen LogP contribution in [0.4, 0.5) is 5.82 Å². The van der Waals surface area contributed by atoms with Gasteiger partial charge in [0.1, 0.15) is 11.9 Å². The van der Waals surface area contributed by atoms with E-state index in [-0.39, 0.29) is 6.10 Å². The molecule has 2 heterocycles. The molecule has 0 radical (unpaired) electrons. The highest BCUT2D eigenvalue weighted by Gasteiger charge is 2.23. The molecule has 1 aliphatic rings. The predicted molar refractivity (Wildman–Crippen MR) is 71.3 cm³/mol. The summed E-state index contributed by atoms with van der Waals surface area (Å²) >= 11 is 3.56. The van der Waals surface area contributed by atoms with Gasteiger partial charge in [0, 0.05) is 13.7 Å². The molecule has 1 aromatic rings. The molecule has 1 fully saturated rings. The first-order valence-corrected chi connectivity index (χ1v) is 6.79. The second kappa shape index (κ2) is 5.31. The predicted octanol–water partition coefficient (Wildman–Crippen LogP) is 3.26. The number of nitrogens with zero attached hydrogens (tertiary/aromatic N) is 2. The number of hydrogen-bond donors (Lipinski definition) is 1. The van der Waals surface area contributed by atoms with Gasteiger partial charge in [0.25, 0.3) is 0 Å². The molecule has 0 amide bonds. The van der Waals surface area contributed by atoms with Crippen molar-refractivity contribution in [2.24, 2.45) is 0 Å². The second-order valence-corrected chi connectivity index (χ2v) is 5.33. The average molecular weight is 300 g/mol. The van der Waals surface area contributed by atoms with Crippen LogP contribution in [0.1, 0.15) is 50.2 Å². The minimum atomic E-state index is 0.0627. The summed E-state index contributed by atoms with van der Waals surface area (Å²) in [4.78, 5) is 9.16. The lowest BCUT2D eigenvalue weighted by Gasteiger charge is -2.15. The van der Waals surface area contributed by atoms with Gasteiger partial charge in [0.2, 0.25) is 0 Å². The lowest BCUT2D eigenvalue weighted by Crippen LogP contribution is -2.10. The van der Waals surface area contributed by atoms with E-state index < -0.39 is 0 Å². The molecule has 1 unspecified atom stereocenters. The van der Waals surface area contributed by atoms with Crippen LogP contribution in [0.3, 0.4) is 0 Å². The van der Waals surface area contributed by atoms with Gasteiger partial charge < -0.3 is 10.1 Å². The fraction of sp³-hybridized carbons (Fsp3) is 0.667. The molecule has 4 nitrogen and oxygen atoms in total. The summed E-state index contributed by atoms with van der Waals surface area (Å²) in [6.07, 6.45) is 2.17. The number of nitrogens with one attached hydrogen (secondary N) is 1. The molecule has 1 atom stereocenters. The zero-order valence-electron chi connectivity index (χ0n) is 10.5. The molecular formula is C12H18BrN3O. The smallest absolute Gasteiger partial charge is 0.159 e. The third kappa shape index (κ3) is 2.60. The van der Waals surface area contributed by atoms with E-state index in [1.807, 2.05) is 7.05 Å². The summed E-state index contributed by atoms with van der Waals surface area (Å²) < 4.78 is 6.60. The van der Waals surface area contributed by atoms with Gasteiger partial charge in [0.15, 0.2) is 5.82 Å². The van der Waals surface area contributed by atoms with Crippen molar-refractivity contribution in [3.63, 3.8) is 0 Å². The van der Waals surface area contributed by atoms with E-state index in [9.17, 15) is 0 Å². The van der Waals surface area contributed by atoms with Crippen LogP contribution in [-0.2, 0) is 4.74 Å². The minimum Gasteiger partial charge on any atom is -0.372 e. The lowest BCUT2D eigenvalue weighted by atomic mass is 10.1. The summed E-state index contributed by atoms with van der Waals surface area (Å²) in [6.45, 7) is 5.08. The van der Waals surface area contributed by atoms with Gasteiger partial charge in [-0.1, -0.05) is 13.8 Å². The molecule has 1 N–H and O–H groups in total. The highest BCUT2D eigenvalue weighted by molar-refractivity contribution is 9.10. The van der Waals surface area contributed by atoms with Gasteiger partial charge in [-0.2, -0.15) is 0 Å². The Balaban J connectivity index is 2.42. The van der Waals surface area contributed by atoms with Crippen LogP contribution in [-0.4, -0.2) is 23.6 Å². The quantitative estimate of drug-likeness (QED) is 0.931. The minimum absolute atomic E-state index is 0.0627. The van der Waals surface area contributed by atoms with Crippen molar-refractivity contribution < 1.29 is 4.74 Å². The fourth-order valence-corrected chi connectivity index (χ4v) is 2.79. The maximum Gasteiger partial charge on any atom is 0.159 e. The molecule has 1 aromatic heterocycles. The molecule has 0 bridgehead atoms. The zero-order valence-corrected chi connectivity index (χ0v) is 12.0. The zero-order chi connectivity index (χ0) is 12.4. The monoisotopic (exact) mass is 299 g/mol. The van der Waals surface area contributed by atoms with Crippen LogP contribution in [0.5, 0.6) is 0 Å². The molecule has 5 heteroatoms. The van der Waals surface area contributed by atoms with Gasteiger partial charge in [-0.3, -0.25) is 0 Å². The van der Waals surface area contributed by atoms with Crippen molar-refractivity contribution in [2.45, 2.75) is 38.7 Å². The van der Waals surface area contributed by atoms with Gasteiger partial charge >= 0.3 is 0 Å². The number of aromatic nitrogens is 2. The molecule has 0 spiro atoms. The van der Waals surface area contributed by atoms with Crippen molar-refractivity contribution in [1.82, 2.24) is 9.97 Å². The molecule has 2 rings (SSSR count). The van der Waals surface area contributed by atoms with E-state index in [1.165, 1.54) is 0 Å². The van der Waals surface area contributed by atoms with Crippen LogP contribution >= 0.6 is 15.9 Å². The van der Waals surface area contributed by atoms with E-state index in [0.717, 1.165) is 41.3 Å². The van der Waals surface area contributed by atoms with Crippen LogP contribution < -0.4 is 5.32 Å². The van der Waals surface area contributed by atoms with Crippen molar-refractivity contribution in [3.8, 4) is 0 Å². The topological polar surface area (TPSA) is 47.0 Å². The number of anilines is 1. The summed E-state index contributed by atoms with van der Waals surface area (Å²) in [7, 11) is 1.87. The van der Waals surface area contributed by atoms with Crippen molar-refractivity contribution in [2.75, 3.05) is 19.0 Å². The van der Waals surface area contributed by atoms with Gasteiger partial charge in [-0.25, -0.2) is 9.97 Å². The average Bonchev–Trinajstić information content (AvgIpc) is 2.82. The number of hydrogen-bond acceptors (Lipinski definition) is 4. The Labute approximate surface area is 110 Å². The Morgan fingerprint density at radius 3 is 2.71 bits per heavy atom. The van der Waals surface area contributed by atoms with Crippen molar-refractivity contribution in [1.29, 1.82) is 0 Å². The van der Waals surface area contributed by atoms with E-state index in [0.29, 0.717) is 5.92 Å². The van der Waals surface area contributed by atoms with Crippen LogP contribution in [0.15, 0.2) is 4.47 Å². The van der Waals surface area contributed by atoms with E-state index >= 15 is 0 Å². The molecule has 1 saturated heterocycles. The maximum absolute atomic E-state index is 5.65. The number of rotatable bonds is 3. The largest absolute Gasteiger partial charge is 0.372 e. The van der Waals surface area contributed by atoms with E-state index in [1.54, 1.807) is 0 Å². The normalized spacial score (nSPS) is 19.9. The second-order valence-electron chi connectivity index (χ2n) is 4.54. The fourth-order valence-electron chi connectivity index (χ4n) is 1.96.